The molecule has 5 nitrogen and oxygen atoms in total. The van der Waals surface area contributed by atoms with Gasteiger partial charge in [-0.25, -0.2) is 0 Å². The second-order valence-electron chi connectivity index (χ2n) is 5.21. The number of hydrogen-bond donors (Lipinski definition) is 1. The van der Waals surface area contributed by atoms with Gasteiger partial charge in [-0.2, -0.15) is 5.10 Å². The van der Waals surface area contributed by atoms with Gasteiger partial charge in [0.2, 0.25) is 5.78 Å². The van der Waals surface area contributed by atoms with E-state index in [9.17, 15) is 9.90 Å². The summed E-state index contributed by atoms with van der Waals surface area (Å²) < 4.78 is 6.86. The van der Waals surface area contributed by atoms with Crippen LogP contribution in [-0.4, -0.2) is 33.4 Å². The second-order valence-corrected chi connectivity index (χ2v) is 5.21. The first kappa shape index (κ1) is 14.1. The van der Waals surface area contributed by atoms with Crippen molar-refractivity contribution in [2.75, 3.05) is 7.11 Å². The Hall–Kier alpha value is -1.36. The fourth-order valence-electron chi connectivity index (χ4n) is 2.71. The number of rotatable bonds is 5. The van der Waals surface area contributed by atoms with E-state index in [0.29, 0.717) is 30.8 Å². The normalized spacial score (nSPS) is 18.3. The van der Waals surface area contributed by atoms with E-state index in [0.717, 1.165) is 25.7 Å². The summed E-state index contributed by atoms with van der Waals surface area (Å²) in [4.78, 5) is 12.7. The second kappa shape index (κ2) is 5.74. The lowest BCUT2D eigenvalue weighted by Gasteiger charge is -2.30. The van der Waals surface area contributed by atoms with Crippen LogP contribution in [0.5, 0.6) is 5.75 Å². The Kier molecular flexibility index (Phi) is 4.24. The molecule has 1 aromatic heterocycles. The van der Waals surface area contributed by atoms with E-state index in [2.05, 4.69) is 5.10 Å². The zero-order chi connectivity index (χ0) is 13.9. The lowest BCUT2D eigenvalue weighted by Crippen LogP contribution is -2.41. The fourth-order valence-corrected chi connectivity index (χ4v) is 2.71. The monoisotopic (exact) mass is 266 g/mol. The van der Waals surface area contributed by atoms with Crippen LogP contribution in [0.1, 0.15) is 55.9 Å². The van der Waals surface area contributed by atoms with Crippen molar-refractivity contribution in [2.24, 2.45) is 0 Å². The highest BCUT2D eigenvalue weighted by molar-refractivity contribution is 6.03. The van der Waals surface area contributed by atoms with Gasteiger partial charge >= 0.3 is 0 Å². The number of carbonyl (C=O) groups is 1. The number of hydrogen-bond acceptors (Lipinski definition) is 4. The van der Waals surface area contributed by atoms with Crippen molar-refractivity contribution in [3.63, 3.8) is 0 Å². The van der Waals surface area contributed by atoms with Gasteiger partial charge in [0.25, 0.3) is 0 Å². The predicted molar refractivity (Wildman–Crippen MR) is 71.4 cm³/mol. The first-order valence-electron chi connectivity index (χ1n) is 6.99. The molecule has 0 spiro atoms. The molecule has 1 saturated carbocycles. The van der Waals surface area contributed by atoms with E-state index < -0.39 is 5.60 Å². The summed E-state index contributed by atoms with van der Waals surface area (Å²) in [6, 6.07) is 0. The molecule has 0 unspecified atom stereocenters. The molecule has 1 fully saturated rings. The van der Waals surface area contributed by atoms with Crippen LogP contribution >= 0.6 is 0 Å². The number of carbonyl (C=O) groups excluding carboxylic acids is 1. The molecule has 0 amide bonds. The van der Waals surface area contributed by atoms with Gasteiger partial charge in [-0.15, -0.1) is 0 Å². The number of aliphatic hydroxyl groups is 1. The topological polar surface area (TPSA) is 64.4 Å². The third-order valence-corrected chi connectivity index (χ3v) is 3.78. The summed E-state index contributed by atoms with van der Waals surface area (Å²) in [7, 11) is 1.52. The maximum absolute atomic E-state index is 12.7. The molecule has 0 aromatic carbocycles. The summed E-state index contributed by atoms with van der Waals surface area (Å²) in [6.45, 7) is 2.68. The average Bonchev–Trinajstić information content (AvgIpc) is 2.82. The molecule has 1 aliphatic rings. The highest BCUT2D eigenvalue weighted by atomic mass is 16.5. The van der Waals surface area contributed by atoms with Crippen LogP contribution in [0.2, 0.25) is 0 Å². The van der Waals surface area contributed by atoms with Crippen LogP contribution in [0.3, 0.4) is 0 Å². The zero-order valence-corrected chi connectivity index (χ0v) is 11.7. The molecule has 1 aliphatic carbocycles. The number of nitrogens with zero attached hydrogens (tertiary/aromatic N) is 2. The van der Waals surface area contributed by atoms with Crippen molar-refractivity contribution in [1.82, 2.24) is 9.78 Å². The van der Waals surface area contributed by atoms with Gasteiger partial charge in [0, 0.05) is 6.54 Å². The summed E-state index contributed by atoms with van der Waals surface area (Å²) in [5.41, 5.74) is -0.828. The van der Waals surface area contributed by atoms with Crippen LogP contribution in [-0.2, 0) is 6.54 Å². The largest absolute Gasteiger partial charge is 0.493 e. The van der Waals surface area contributed by atoms with Crippen molar-refractivity contribution >= 4 is 5.78 Å². The molecule has 0 atom stereocenters. The molecule has 0 aliphatic heterocycles. The van der Waals surface area contributed by atoms with Crippen LogP contribution in [0.25, 0.3) is 0 Å². The van der Waals surface area contributed by atoms with E-state index in [4.69, 9.17) is 4.74 Å². The van der Waals surface area contributed by atoms with E-state index in [1.54, 1.807) is 10.9 Å². The molecule has 1 heterocycles. The molecule has 19 heavy (non-hydrogen) atoms. The molecular weight excluding hydrogens is 244 g/mol. The van der Waals surface area contributed by atoms with Crippen molar-refractivity contribution < 1.29 is 14.6 Å². The highest BCUT2D eigenvalue weighted by Crippen LogP contribution is 2.33. The maximum Gasteiger partial charge on any atom is 0.216 e. The van der Waals surface area contributed by atoms with E-state index in [1.165, 1.54) is 7.11 Å². The minimum Gasteiger partial charge on any atom is -0.493 e. The number of ketones is 1. The van der Waals surface area contributed by atoms with Crippen LogP contribution < -0.4 is 4.74 Å². The highest BCUT2D eigenvalue weighted by Gasteiger charge is 2.40. The Bertz CT molecular complexity index is 448. The van der Waals surface area contributed by atoms with Gasteiger partial charge in [0.05, 0.1) is 13.3 Å². The van der Waals surface area contributed by atoms with Crippen molar-refractivity contribution in [3.8, 4) is 5.75 Å². The third kappa shape index (κ3) is 2.66. The SMILES string of the molecule is CCCn1ncc(OC)c1C(=O)C1(O)CCCCC1. The molecule has 106 valence electrons. The minimum atomic E-state index is -1.24. The van der Waals surface area contributed by atoms with E-state index in [1.807, 2.05) is 6.92 Å². The van der Waals surface area contributed by atoms with E-state index in [-0.39, 0.29) is 5.78 Å². The third-order valence-electron chi connectivity index (χ3n) is 3.78. The smallest absolute Gasteiger partial charge is 0.216 e. The lowest BCUT2D eigenvalue weighted by molar-refractivity contribution is 0.0104. The zero-order valence-electron chi connectivity index (χ0n) is 11.7. The summed E-state index contributed by atoms with van der Waals surface area (Å²) in [6.07, 6.45) is 6.37. The van der Waals surface area contributed by atoms with E-state index >= 15 is 0 Å². The Morgan fingerprint density at radius 1 is 1.47 bits per heavy atom. The van der Waals surface area contributed by atoms with Crippen LogP contribution in [0.15, 0.2) is 6.20 Å². The molecule has 0 radical (unpaired) electrons. The number of aryl methyl sites for hydroxylation is 1. The quantitative estimate of drug-likeness (QED) is 0.830. The van der Waals surface area contributed by atoms with Gasteiger partial charge < -0.3 is 9.84 Å². The number of aromatic nitrogens is 2. The molecule has 2 rings (SSSR count). The average molecular weight is 266 g/mol. The molecular formula is C14H22N2O3. The Balaban J connectivity index is 2.33. The number of methoxy groups -OCH3 is 1. The predicted octanol–water partition coefficient (Wildman–Crippen LogP) is 2.18. The summed E-state index contributed by atoms with van der Waals surface area (Å²) in [5.74, 6) is 0.215. The van der Waals surface area contributed by atoms with Crippen LogP contribution in [0, 0.1) is 0 Å². The lowest BCUT2D eigenvalue weighted by atomic mass is 9.80. The van der Waals surface area contributed by atoms with Gasteiger partial charge in [0.1, 0.15) is 11.3 Å². The van der Waals surface area contributed by atoms with Gasteiger partial charge in [-0.3, -0.25) is 9.48 Å². The Labute approximate surface area is 113 Å². The number of Topliss-reactive ketones (excluding diaryl/α,β-unsaturated/α-hetero) is 1. The molecule has 5 heteroatoms. The van der Waals surface area contributed by atoms with Gasteiger partial charge in [-0.1, -0.05) is 26.2 Å². The van der Waals surface area contributed by atoms with Crippen molar-refractivity contribution in [1.29, 1.82) is 0 Å². The maximum atomic E-state index is 12.7. The first-order valence-corrected chi connectivity index (χ1v) is 6.99. The summed E-state index contributed by atoms with van der Waals surface area (Å²) in [5, 5.41) is 14.8. The summed E-state index contributed by atoms with van der Waals surface area (Å²) >= 11 is 0. The van der Waals surface area contributed by atoms with Crippen molar-refractivity contribution in [3.05, 3.63) is 11.9 Å². The van der Waals surface area contributed by atoms with Crippen molar-refractivity contribution in [2.45, 2.75) is 57.6 Å². The molecule has 1 N–H and O–H groups in total. The van der Waals surface area contributed by atoms with Gasteiger partial charge in [-0.05, 0) is 19.3 Å². The molecule has 0 bridgehead atoms. The number of ether oxygens (including phenoxy) is 1. The Morgan fingerprint density at radius 3 is 2.74 bits per heavy atom. The minimum absolute atomic E-state index is 0.241. The Morgan fingerprint density at radius 2 is 2.16 bits per heavy atom. The first-order chi connectivity index (χ1) is 9.12. The molecule has 1 aromatic rings. The molecule has 0 saturated heterocycles. The van der Waals surface area contributed by atoms with Crippen LogP contribution in [0.4, 0.5) is 0 Å². The van der Waals surface area contributed by atoms with Gasteiger partial charge in [0.15, 0.2) is 5.75 Å². The fraction of sp³-hybridized carbons (Fsp3) is 0.714. The standard InChI is InChI=1S/C14H22N2O3/c1-3-9-16-12(11(19-2)10-15-16)13(17)14(18)7-5-4-6-8-14/h10,18H,3-9H2,1-2H3.